The number of halogens is 4. The molecule has 1 unspecified atom stereocenters. The van der Waals surface area contributed by atoms with Crippen molar-refractivity contribution in [1.29, 1.82) is 0 Å². The SMILES string of the molecule is CNC1CCN(c2cc(F)ccc2Nc2cc(F)c(S(=O)(=O)N(Cl)c3ccncn3)cc2Cl)C1. The molecular formula is C21H20Cl2F2N6O2S. The van der Waals surface area contributed by atoms with Gasteiger partial charge in [-0.25, -0.2) is 18.7 Å². The van der Waals surface area contributed by atoms with Crippen molar-refractivity contribution < 1.29 is 17.2 Å². The third kappa shape index (κ3) is 4.88. The molecule has 2 aromatic carbocycles. The lowest BCUT2D eigenvalue weighted by atomic mass is 10.2. The molecule has 2 N–H and O–H groups in total. The van der Waals surface area contributed by atoms with Gasteiger partial charge < -0.3 is 15.5 Å². The maximum atomic E-state index is 15.0. The van der Waals surface area contributed by atoms with Gasteiger partial charge in [-0.2, -0.15) is 12.2 Å². The zero-order valence-corrected chi connectivity index (χ0v) is 20.2. The normalized spacial score (nSPS) is 16.0. The minimum Gasteiger partial charge on any atom is -0.368 e. The molecule has 13 heteroatoms. The molecule has 8 nitrogen and oxygen atoms in total. The number of nitrogens with one attached hydrogen (secondary N) is 2. The molecule has 0 spiro atoms. The van der Waals surface area contributed by atoms with Gasteiger partial charge in [0.1, 0.15) is 22.9 Å². The molecule has 1 saturated heterocycles. The predicted octanol–water partition coefficient (Wildman–Crippen LogP) is 4.30. The Hall–Kier alpha value is -2.73. The van der Waals surface area contributed by atoms with E-state index in [0.29, 0.717) is 28.3 Å². The van der Waals surface area contributed by atoms with Crippen molar-refractivity contribution in [2.24, 2.45) is 0 Å². The molecule has 1 aliphatic heterocycles. The lowest BCUT2D eigenvalue weighted by Gasteiger charge is -2.23. The minimum absolute atomic E-state index is 0.0717. The van der Waals surface area contributed by atoms with Crippen LogP contribution in [0.25, 0.3) is 0 Å². The van der Waals surface area contributed by atoms with Crippen LogP contribution in [0.3, 0.4) is 0 Å². The van der Waals surface area contributed by atoms with Gasteiger partial charge in [-0.1, -0.05) is 11.6 Å². The van der Waals surface area contributed by atoms with Crippen LogP contribution < -0.4 is 19.4 Å². The van der Waals surface area contributed by atoms with Gasteiger partial charge >= 0.3 is 0 Å². The van der Waals surface area contributed by atoms with E-state index in [1.807, 2.05) is 11.9 Å². The van der Waals surface area contributed by atoms with E-state index in [9.17, 15) is 17.2 Å². The molecule has 3 aromatic rings. The zero-order valence-electron chi connectivity index (χ0n) is 17.8. The number of sulfonamides is 1. The first-order chi connectivity index (χ1) is 16.2. The quantitative estimate of drug-likeness (QED) is 0.441. The van der Waals surface area contributed by atoms with Crippen LogP contribution in [0.4, 0.5) is 31.7 Å². The Morgan fingerprint density at radius 1 is 1.18 bits per heavy atom. The molecule has 0 bridgehead atoms. The van der Waals surface area contributed by atoms with E-state index in [1.54, 1.807) is 0 Å². The highest BCUT2D eigenvalue weighted by Gasteiger charge is 2.30. The molecule has 34 heavy (non-hydrogen) atoms. The summed E-state index contributed by atoms with van der Waals surface area (Å²) in [5.74, 6) is -1.65. The Kier molecular flexibility index (Phi) is 7.08. The predicted molar refractivity (Wildman–Crippen MR) is 128 cm³/mol. The third-order valence-electron chi connectivity index (χ3n) is 5.42. The molecule has 0 amide bonds. The standard InChI is InChI=1S/C21H20Cl2F2N6O2S/c1-26-14-5-7-30(11-14)19-8-13(24)2-3-17(19)29-18-10-16(25)20(9-15(18)22)34(32,33)31(23)21-4-6-27-12-28-21/h2-4,6,8-10,12,14,26,29H,5,7,11H2,1H3. The van der Waals surface area contributed by atoms with Crippen molar-refractivity contribution in [3.05, 3.63) is 65.6 Å². The summed E-state index contributed by atoms with van der Waals surface area (Å²) >= 11 is 12.3. The first-order valence-corrected chi connectivity index (χ1v) is 12.3. The third-order valence-corrected chi connectivity index (χ3v) is 7.93. The monoisotopic (exact) mass is 528 g/mol. The van der Waals surface area contributed by atoms with E-state index in [-0.39, 0.29) is 22.6 Å². The van der Waals surface area contributed by atoms with Gasteiger partial charge in [-0.05, 0) is 37.7 Å². The van der Waals surface area contributed by atoms with Gasteiger partial charge in [-0.15, -0.1) is 0 Å². The van der Waals surface area contributed by atoms with Gasteiger partial charge in [-0.3, -0.25) is 0 Å². The summed E-state index contributed by atoms with van der Waals surface area (Å²) in [6.07, 6.45) is 3.29. The molecule has 2 heterocycles. The summed E-state index contributed by atoms with van der Waals surface area (Å²) in [5, 5.41) is 6.12. The molecule has 1 aliphatic rings. The van der Waals surface area contributed by atoms with Crippen molar-refractivity contribution in [2.75, 3.05) is 34.2 Å². The van der Waals surface area contributed by atoms with Crippen molar-refractivity contribution in [1.82, 2.24) is 15.3 Å². The summed E-state index contributed by atoms with van der Waals surface area (Å²) in [4.78, 5) is 8.72. The fraction of sp³-hybridized carbons (Fsp3) is 0.238. The number of aromatic nitrogens is 2. The average molecular weight is 529 g/mol. The number of hydrogen-bond donors (Lipinski definition) is 2. The molecule has 1 atom stereocenters. The molecule has 180 valence electrons. The fourth-order valence-electron chi connectivity index (χ4n) is 3.65. The van der Waals surface area contributed by atoms with Crippen LogP contribution in [0.1, 0.15) is 6.42 Å². The fourth-order valence-corrected chi connectivity index (χ4v) is 5.35. The molecule has 1 aromatic heterocycles. The van der Waals surface area contributed by atoms with Crippen molar-refractivity contribution in [3.8, 4) is 0 Å². The maximum Gasteiger partial charge on any atom is 0.282 e. The number of likely N-dealkylation sites (N-methyl/N-ethyl adjacent to an activating group) is 1. The molecule has 0 aliphatic carbocycles. The minimum atomic E-state index is -4.51. The second-order valence-electron chi connectivity index (χ2n) is 7.56. The lowest BCUT2D eigenvalue weighted by Crippen LogP contribution is -2.29. The van der Waals surface area contributed by atoms with Gasteiger partial charge in [0, 0.05) is 49.2 Å². The second kappa shape index (κ2) is 9.87. The van der Waals surface area contributed by atoms with Crippen molar-refractivity contribution in [2.45, 2.75) is 17.4 Å². The Morgan fingerprint density at radius 2 is 1.97 bits per heavy atom. The summed E-state index contributed by atoms with van der Waals surface area (Å²) in [5.41, 5.74) is 1.19. The molecule has 0 radical (unpaired) electrons. The number of hydrogen-bond acceptors (Lipinski definition) is 7. The summed E-state index contributed by atoms with van der Waals surface area (Å²) in [6.45, 7) is 1.38. The smallest absolute Gasteiger partial charge is 0.282 e. The highest BCUT2D eigenvalue weighted by atomic mass is 35.5. The zero-order chi connectivity index (χ0) is 24.5. The number of nitrogens with zero attached hydrogens (tertiary/aromatic N) is 4. The van der Waals surface area contributed by atoms with Crippen LogP contribution in [0, 0.1) is 11.6 Å². The number of anilines is 4. The molecule has 4 rings (SSSR count). The number of benzene rings is 2. The summed E-state index contributed by atoms with van der Waals surface area (Å²) in [6, 6.07) is 7.60. The van der Waals surface area contributed by atoms with Crippen LogP contribution in [0.15, 0.2) is 53.8 Å². The maximum absolute atomic E-state index is 15.0. The van der Waals surface area contributed by atoms with E-state index in [2.05, 4.69) is 20.6 Å². The van der Waals surface area contributed by atoms with E-state index >= 15 is 0 Å². The van der Waals surface area contributed by atoms with Crippen molar-refractivity contribution >= 4 is 56.3 Å². The van der Waals surface area contributed by atoms with Gasteiger partial charge in [0.05, 0.1) is 22.1 Å². The Morgan fingerprint density at radius 3 is 2.65 bits per heavy atom. The Labute approximate surface area is 205 Å². The van der Waals surface area contributed by atoms with Gasteiger partial charge in [0.2, 0.25) is 0 Å². The van der Waals surface area contributed by atoms with Gasteiger partial charge in [0.15, 0.2) is 5.82 Å². The average Bonchev–Trinajstić information content (AvgIpc) is 3.31. The van der Waals surface area contributed by atoms with E-state index in [0.717, 1.165) is 24.9 Å². The highest BCUT2D eigenvalue weighted by Crippen LogP contribution is 2.37. The number of rotatable bonds is 7. The topological polar surface area (TPSA) is 90.5 Å². The highest BCUT2D eigenvalue weighted by molar-refractivity contribution is 7.94. The largest absolute Gasteiger partial charge is 0.368 e. The first kappa shape index (κ1) is 24.4. The first-order valence-electron chi connectivity index (χ1n) is 10.2. The van der Waals surface area contributed by atoms with Crippen LogP contribution in [-0.4, -0.2) is 44.6 Å². The van der Waals surface area contributed by atoms with Crippen LogP contribution >= 0.6 is 23.4 Å². The molecular weight excluding hydrogens is 509 g/mol. The van der Waals surface area contributed by atoms with E-state index in [4.69, 9.17) is 23.4 Å². The van der Waals surface area contributed by atoms with Crippen LogP contribution in [-0.2, 0) is 10.0 Å². The van der Waals surface area contributed by atoms with E-state index < -0.39 is 26.6 Å². The second-order valence-corrected chi connectivity index (χ2v) is 10.3. The van der Waals surface area contributed by atoms with Crippen molar-refractivity contribution in [3.63, 3.8) is 0 Å². The molecule has 1 fully saturated rings. The Bertz CT molecular complexity index is 1300. The van der Waals surface area contributed by atoms with Gasteiger partial charge in [0.25, 0.3) is 10.0 Å². The summed E-state index contributed by atoms with van der Waals surface area (Å²) in [7, 11) is -2.65. The van der Waals surface area contributed by atoms with Crippen LogP contribution in [0.5, 0.6) is 0 Å². The summed E-state index contributed by atoms with van der Waals surface area (Å²) < 4.78 is 55.0. The van der Waals surface area contributed by atoms with E-state index in [1.165, 1.54) is 30.5 Å². The van der Waals surface area contributed by atoms with Crippen LogP contribution in [0.2, 0.25) is 5.02 Å². The Balaban J connectivity index is 1.65. The molecule has 0 saturated carbocycles. The lowest BCUT2D eigenvalue weighted by molar-refractivity contribution is 0.568.